The molecule has 0 saturated carbocycles. The van der Waals surface area contributed by atoms with Crippen LogP contribution in [0.2, 0.25) is 0 Å². The van der Waals surface area contributed by atoms with Gasteiger partial charge in [-0.2, -0.15) is 18.2 Å². The average molecular weight is 462 g/mol. The van der Waals surface area contributed by atoms with Gasteiger partial charge in [-0.15, -0.1) is 0 Å². The molecule has 2 aromatic rings. The van der Waals surface area contributed by atoms with Crippen molar-refractivity contribution in [1.29, 1.82) is 0 Å². The number of amides is 2. The van der Waals surface area contributed by atoms with Crippen molar-refractivity contribution < 1.29 is 32.2 Å². The number of hydrogen-bond donors (Lipinski definition) is 2. The standard InChI is InChI=1S/C22H21F3N4O4/c23-22(24,25)13-3-7-15(8-4-13)32-14-5-1-12(2-6-14)20-28-16(19(26)30)11-18(29-20)33-17-9-10-27-21(17)31/h1,3-4,7-8,11,14,17H,2,5-6,9-10H2,(H2,26,30)(H,27,31)/t14?,17-/m0/s1. The summed E-state index contributed by atoms with van der Waals surface area (Å²) in [5.74, 6) is -0.301. The third-order valence-corrected chi connectivity index (χ3v) is 5.35. The Balaban J connectivity index is 1.46. The molecule has 1 unspecified atom stereocenters. The number of ether oxygens (including phenoxy) is 2. The Morgan fingerprint density at radius 2 is 1.88 bits per heavy atom. The lowest BCUT2D eigenvalue weighted by Gasteiger charge is -2.23. The lowest BCUT2D eigenvalue weighted by atomic mass is 9.96. The van der Waals surface area contributed by atoms with Gasteiger partial charge in [-0.3, -0.25) is 9.59 Å². The fourth-order valence-electron chi connectivity index (χ4n) is 3.62. The Morgan fingerprint density at radius 1 is 1.12 bits per heavy atom. The molecule has 11 heteroatoms. The second-order valence-electron chi connectivity index (χ2n) is 7.73. The van der Waals surface area contributed by atoms with E-state index in [1.807, 2.05) is 6.08 Å². The molecule has 2 amide bonds. The Morgan fingerprint density at radius 3 is 2.45 bits per heavy atom. The van der Waals surface area contributed by atoms with E-state index in [0.29, 0.717) is 38.0 Å². The number of nitrogens with one attached hydrogen (secondary N) is 1. The Hall–Kier alpha value is -3.63. The van der Waals surface area contributed by atoms with Gasteiger partial charge >= 0.3 is 6.18 Å². The van der Waals surface area contributed by atoms with Crippen molar-refractivity contribution in [3.8, 4) is 11.6 Å². The van der Waals surface area contributed by atoms with E-state index in [4.69, 9.17) is 15.2 Å². The molecule has 0 radical (unpaired) electrons. The second-order valence-corrected chi connectivity index (χ2v) is 7.73. The third-order valence-electron chi connectivity index (χ3n) is 5.35. The third kappa shape index (κ3) is 5.41. The summed E-state index contributed by atoms with van der Waals surface area (Å²) in [7, 11) is 0. The van der Waals surface area contributed by atoms with Crippen molar-refractivity contribution in [2.45, 2.75) is 44.1 Å². The van der Waals surface area contributed by atoms with Crippen molar-refractivity contribution in [1.82, 2.24) is 15.3 Å². The minimum atomic E-state index is -4.40. The van der Waals surface area contributed by atoms with E-state index < -0.39 is 23.8 Å². The first-order chi connectivity index (χ1) is 15.7. The number of halogens is 3. The van der Waals surface area contributed by atoms with Gasteiger partial charge in [0.15, 0.2) is 11.9 Å². The molecule has 3 N–H and O–H groups in total. The molecule has 2 heterocycles. The van der Waals surface area contributed by atoms with Crippen LogP contribution in [0, 0.1) is 0 Å². The summed E-state index contributed by atoms with van der Waals surface area (Å²) in [5, 5.41) is 2.66. The molecule has 8 nitrogen and oxygen atoms in total. The zero-order chi connectivity index (χ0) is 23.6. The van der Waals surface area contributed by atoms with Gasteiger partial charge in [-0.25, -0.2) is 4.98 Å². The van der Waals surface area contributed by atoms with Crippen molar-refractivity contribution >= 4 is 17.4 Å². The highest BCUT2D eigenvalue weighted by Crippen LogP contribution is 2.32. The summed E-state index contributed by atoms with van der Waals surface area (Å²) >= 11 is 0. The van der Waals surface area contributed by atoms with Gasteiger partial charge in [-0.05, 0) is 42.7 Å². The molecule has 1 aliphatic carbocycles. The summed E-state index contributed by atoms with van der Waals surface area (Å²) in [6.45, 7) is 0.496. The Bertz CT molecular complexity index is 1090. The number of nitrogens with zero attached hydrogens (tertiary/aromatic N) is 2. The number of benzene rings is 1. The summed E-state index contributed by atoms with van der Waals surface area (Å²) in [4.78, 5) is 32.1. The lowest BCUT2D eigenvalue weighted by molar-refractivity contribution is -0.137. The molecule has 0 spiro atoms. The first-order valence-corrected chi connectivity index (χ1v) is 10.4. The molecule has 1 saturated heterocycles. The van der Waals surface area contributed by atoms with Gasteiger partial charge in [0, 0.05) is 25.5 Å². The molecule has 1 aromatic carbocycles. The summed E-state index contributed by atoms with van der Waals surface area (Å²) in [6.07, 6.45) is -1.44. The predicted molar refractivity (Wildman–Crippen MR) is 110 cm³/mol. The largest absolute Gasteiger partial charge is 0.490 e. The van der Waals surface area contributed by atoms with Crippen LogP contribution in [0.15, 0.2) is 36.4 Å². The molecule has 1 aromatic heterocycles. The van der Waals surface area contributed by atoms with Crippen molar-refractivity contribution in [3.63, 3.8) is 0 Å². The highest BCUT2D eigenvalue weighted by Gasteiger charge is 2.30. The molecule has 0 bridgehead atoms. The zero-order valence-corrected chi connectivity index (χ0v) is 17.4. The molecule has 4 rings (SSSR count). The van der Waals surface area contributed by atoms with E-state index in [9.17, 15) is 22.8 Å². The predicted octanol–water partition coefficient (Wildman–Crippen LogP) is 2.88. The summed E-state index contributed by atoms with van der Waals surface area (Å²) in [5.41, 5.74) is 5.38. The lowest BCUT2D eigenvalue weighted by Crippen LogP contribution is -2.28. The molecule has 174 valence electrons. The number of rotatable bonds is 6. The van der Waals surface area contributed by atoms with E-state index in [2.05, 4.69) is 15.3 Å². The van der Waals surface area contributed by atoms with Crippen molar-refractivity contribution in [2.75, 3.05) is 6.54 Å². The number of allylic oxidation sites excluding steroid dienone is 1. The normalized spacial score (nSPS) is 20.7. The number of hydrogen-bond acceptors (Lipinski definition) is 6. The van der Waals surface area contributed by atoms with Crippen molar-refractivity contribution in [3.05, 3.63) is 53.5 Å². The molecule has 1 fully saturated rings. The van der Waals surface area contributed by atoms with Gasteiger partial charge in [0.05, 0.1) is 5.56 Å². The van der Waals surface area contributed by atoms with Crippen LogP contribution in [0.1, 0.15) is 47.6 Å². The van der Waals surface area contributed by atoms with Gasteiger partial charge < -0.3 is 20.5 Å². The van der Waals surface area contributed by atoms with Gasteiger partial charge in [0.1, 0.15) is 17.5 Å². The van der Waals surface area contributed by atoms with Crippen molar-refractivity contribution in [2.24, 2.45) is 5.73 Å². The highest BCUT2D eigenvalue weighted by molar-refractivity contribution is 5.91. The van der Waals surface area contributed by atoms with Gasteiger partial charge in [0.25, 0.3) is 11.8 Å². The van der Waals surface area contributed by atoms with E-state index in [-0.39, 0.29) is 29.4 Å². The van der Waals surface area contributed by atoms with E-state index in [0.717, 1.165) is 17.7 Å². The zero-order valence-electron chi connectivity index (χ0n) is 17.4. The molecular weight excluding hydrogens is 441 g/mol. The number of carbonyl (C=O) groups excluding carboxylic acids is 2. The molecule has 33 heavy (non-hydrogen) atoms. The van der Waals surface area contributed by atoms with E-state index >= 15 is 0 Å². The minimum absolute atomic E-state index is 0.0302. The fourth-order valence-corrected chi connectivity index (χ4v) is 3.62. The molecular formula is C22H21F3N4O4. The molecule has 2 atom stereocenters. The van der Waals surface area contributed by atoms with E-state index in [1.165, 1.54) is 18.2 Å². The van der Waals surface area contributed by atoms with Crippen LogP contribution in [0.25, 0.3) is 5.57 Å². The average Bonchev–Trinajstić information content (AvgIpc) is 3.18. The first-order valence-electron chi connectivity index (χ1n) is 10.4. The highest BCUT2D eigenvalue weighted by atomic mass is 19.4. The van der Waals surface area contributed by atoms with Crippen LogP contribution in [0.3, 0.4) is 0 Å². The van der Waals surface area contributed by atoms with Crippen LogP contribution >= 0.6 is 0 Å². The maximum atomic E-state index is 12.7. The number of primary amides is 1. The van der Waals surface area contributed by atoms with Crippen LogP contribution in [0.5, 0.6) is 11.6 Å². The second kappa shape index (κ2) is 9.08. The number of alkyl halides is 3. The number of aromatic nitrogens is 2. The van der Waals surface area contributed by atoms with Crippen LogP contribution in [0.4, 0.5) is 13.2 Å². The first kappa shape index (κ1) is 22.6. The smallest absolute Gasteiger partial charge is 0.416 e. The monoisotopic (exact) mass is 462 g/mol. The minimum Gasteiger partial charge on any atom is -0.490 e. The maximum Gasteiger partial charge on any atom is 0.416 e. The van der Waals surface area contributed by atoms with Crippen LogP contribution < -0.4 is 20.5 Å². The Labute approximate surface area is 187 Å². The topological polar surface area (TPSA) is 116 Å². The van der Waals surface area contributed by atoms with E-state index in [1.54, 1.807) is 0 Å². The molecule has 2 aliphatic rings. The maximum absolute atomic E-state index is 12.7. The number of nitrogens with two attached hydrogens (primary N) is 1. The van der Waals surface area contributed by atoms with Gasteiger partial charge in [-0.1, -0.05) is 6.08 Å². The summed E-state index contributed by atoms with van der Waals surface area (Å²) < 4.78 is 49.5. The fraction of sp³-hybridized carbons (Fsp3) is 0.364. The summed E-state index contributed by atoms with van der Waals surface area (Å²) in [6, 6.07) is 5.86. The van der Waals surface area contributed by atoms with Gasteiger partial charge in [0.2, 0.25) is 5.88 Å². The van der Waals surface area contributed by atoms with Crippen LogP contribution in [-0.4, -0.2) is 40.5 Å². The Kier molecular flexibility index (Phi) is 6.21. The quantitative estimate of drug-likeness (QED) is 0.682. The molecule has 1 aliphatic heterocycles. The van der Waals surface area contributed by atoms with Crippen LogP contribution in [-0.2, 0) is 11.0 Å². The SMILES string of the molecule is NC(=O)c1cc(O[C@H]2CCNC2=O)nc(C2=CCC(Oc3ccc(C(F)(F)F)cc3)CC2)n1. The number of carbonyl (C=O) groups is 2.